The largest absolute Gasteiger partial charge is 0.340 e. The van der Waals surface area contributed by atoms with Crippen LogP contribution in [0.2, 0.25) is 5.15 Å². The van der Waals surface area contributed by atoms with Crippen molar-refractivity contribution in [2.45, 2.75) is 19.8 Å². The molecular formula is C13H13ClIN3. The number of hydrogen-bond acceptors (Lipinski definition) is 3. The molecule has 0 atom stereocenters. The molecule has 0 radical (unpaired) electrons. The van der Waals surface area contributed by atoms with E-state index in [0.29, 0.717) is 5.15 Å². The van der Waals surface area contributed by atoms with Gasteiger partial charge in [0.1, 0.15) is 16.8 Å². The van der Waals surface area contributed by atoms with Crippen LogP contribution in [0.4, 0.5) is 11.5 Å². The Morgan fingerprint density at radius 1 is 1.17 bits per heavy atom. The number of benzene rings is 1. The van der Waals surface area contributed by atoms with Gasteiger partial charge in [0, 0.05) is 21.2 Å². The summed E-state index contributed by atoms with van der Waals surface area (Å²) in [4.78, 5) is 8.64. The van der Waals surface area contributed by atoms with Crippen LogP contribution in [0.5, 0.6) is 0 Å². The lowest BCUT2D eigenvalue weighted by Gasteiger charge is -2.09. The topological polar surface area (TPSA) is 37.8 Å². The minimum atomic E-state index is 0.251. The van der Waals surface area contributed by atoms with Gasteiger partial charge in [-0.2, -0.15) is 0 Å². The van der Waals surface area contributed by atoms with Gasteiger partial charge in [0.25, 0.3) is 0 Å². The van der Waals surface area contributed by atoms with Crippen LogP contribution in [0.15, 0.2) is 30.3 Å². The number of nitrogens with zero attached hydrogens (tertiary/aromatic N) is 2. The number of rotatable bonds is 3. The summed E-state index contributed by atoms with van der Waals surface area (Å²) in [6.07, 6.45) is 0. The molecule has 0 fully saturated rings. The van der Waals surface area contributed by atoms with E-state index in [0.717, 1.165) is 17.3 Å². The molecule has 1 N–H and O–H groups in total. The van der Waals surface area contributed by atoms with E-state index in [1.165, 1.54) is 3.57 Å². The van der Waals surface area contributed by atoms with Crippen molar-refractivity contribution in [1.29, 1.82) is 0 Å². The number of hydrogen-bond donors (Lipinski definition) is 1. The zero-order chi connectivity index (χ0) is 13.1. The average Bonchev–Trinajstić information content (AvgIpc) is 2.31. The molecule has 3 nitrogen and oxygen atoms in total. The van der Waals surface area contributed by atoms with Crippen molar-refractivity contribution >= 4 is 45.7 Å². The summed E-state index contributed by atoms with van der Waals surface area (Å²) >= 11 is 8.27. The number of anilines is 2. The fourth-order valence-corrected chi connectivity index (χ4v) is 1.99. The van der Waals surface area contributed by atoms with E-state index in [4.69, 9.17) is 11.6 Å². The average molecular weight is 374 g/mol. The van der Waals surface area contributed by atoms with Crippen molar-refractivity contribution in [3.63, 3.8) is 0 Å². The van der Waals surface area contributed by atoms with Crippen molar-refractivity contribution in [2.24, 2.45) is 0 Å². The summed E-state index contributed by atoms with van der Waals surface area (Å²) in [5.74, 6) is 1.72. The van der Waals surface area contributed by atoms with Crippen LogP contribution >= 0.6 is 34.2 Å². The Bertz CT molecular complexity index is 540. The maximum absolute atomic E-state index is 5.99. The quantitative estimate of drug-likeness (QED) is 0.631. The van der Waals surface area contributed by atoms with Crippen molar-refractivity contribution in [3.05, 3.63) is 44.9 Å². The maximum Gasteiger partial charge on any atom is 0.135 e. The highest BCUT2D eigenvalue weighted by molar-refractivity contribution is 14.1. The van der Waals surface area contributed by atoms with E-state index < -0.39 is 0 Å². The lowest BCUT2D eigenvalue weighted by Crippen LogP contribution is -2.02. The minimum Gasteiger partial charge on any atom is -0.340 e. The Hall–Kier alpha value is -0.880. The van der Waals surface area contributed by atoms with E-state index >= 15 is 0 Å². The van der Waals surface area contributed by atoms with Crippen LogP contribution in [-0.2, 0) is 0 Å². The van der Waals surface area contributed by atoms with Crippen LogP contribution in [0.3, 0.4) is 0 Å². The monoisotopic (exact) mass is 373 g/mol. The van der Waals surface area contributed by atoms with Gasteiger partial charge < -0.3 is 5.32 Å². The molecule has 1 aromatic carbocycles. The molecule has 0 aliphatic carbocycles. The summed E-state index contributed by atoms with van der Waals surface area (Å²) in [6, 6.07) is 9.81. The molecule has 0 aliphatic heterocycles. The Morgan fingerprint density at radius 2 is 1.83 bits per heavy atom. The second-order valence-electron chi connectivity index (χ2n) is 4.22. The molecule has 1 heterocycles. The van der Waals surface area contributed by atoms with Crippen LogP contribution in [-0.4, -0.2) is 9.97 Å². The van der Waals surface area contributed by atoms with Crippen LogP contribution < -0.4 is 5.32 Å². The summed E-state index contributed by atoms with van der Waals surface area (Å²) in [5.41, 5.74) is 0.986. The van der Waals surface area contributed by atoms with E-state index in [-0.39, 0.29) is 5.92 Å². The van der Waals surface area contributed by atoms with Crippen LogP contribution in [0.25, 0.3) is 0 Å². The SMILES string of the molecule is CC(C)c1nc(Cl)cc(Nc2ccc(I)cc2)n1. The van der Waals surface area contributed by atoms with Gasteiger partial charge in [-0.25, -0.2) is 9.97 Å². The number of aromatic nitrogens is 2. The molecule has 0 aliphatic rings. The zero-order valence-corrected chi connectivity index (χ0v) is 13.0. The Kier molecular flexibility index (Phi) is 4.40. The standard InChI is InChI=1S/C13H13ClIN3/c1-8(2)13-17-11(14)7-12(18-13)16-10-5-3-9(15)4-6-10/h3-8H,1-2H3,(H,16,17,18). The predicted molar refractivity (Wildman–Crippen MR) is 83.6 cm³/mol. The fraction of sp³-hybridized carbons (Fsp3) is 0.231. The molecule has 2 aromatic rings. The summed E-state index contributed by atoms with van der Waals surface area (Å²) in [5, 5.41) is 3.69. The Morgan fingerprint density at radius 3 is 2.44 bits per heavy atom. The first-order chi connectivity index (χ1) is 8.54. The van der Waals surface area contributed by atoms with Gasteiger partial charge >= 0.3 is 0 Å². The minimum absolute atomic E-state index is 0.251. The van der Waals surface area contributed by atoms with E-state index in [9.17, 15) is 0 Å². The summed E-state index contributed by atoms with van der Waals surface area (Å²) in [6.45, 7) is 4.08. The highest BCUT2D eigenvalue weighted by atomic mass is 127. The lowest BCUT2D eigenvalue weighted by molar-refractivity contribution is 0.776. The third-order valence-corrected chi connectivity index (χ3v) is 3.26. The second-order valence-corrected chi connectivity index (χ2v) is 5.85. The normalized spacial score (nSPS) is 10.7. The third kappa shape index (κ3) is 3.55. The summed E-state index contributed by atoms with van der Waals surface area (Å²) in [7, 11) is 0. The molecule has 0 amide bonds. The molecule has 5 heteroatoms. The molecule has 2 rings (SSSR count). The molecule has 0 saturated heterocycles. The van der Waals surface area contributed by atoms with E-state index in [1.807, 2.05) is 38.1 Å². The highest BCUT2D eigenvalue weighted by Crippen LogP contribution is 2.21. The van der Waals surface area contributed by atoms with Gasteiger partial charge in [-0.3, -0.25) is 0 Å². The first kappa shape index (κ1) is 13.5. The van der Waals surface area contributed by atoms with Crippen molar-refractivity contribution in [1.82, 2.24) is 9.97 Å². The van der Waals surface area contributed by atoms with Crippen molar-refractivity contribution in [3.8, 4) is 0 Å². The third-order valence-electron chi connectivity index (χ3n) is 2.35. The van der Waals surface area contributed by atoms with Gasteiger partial charge in [-0.1, -0.05) is 25.4 Å². The molecule has 0 unspecified atom stereocenters. The molecule has 0 spiro atoms. The van der Waals surface area contributed by atoms with Gasteiger partial charge in [0.2, 0.25) is 0 Å². The number of nitrogens with one attached hydrogen (secondary N) is 1. The molecular weight excluding hydrogens is 361 g/mol. The van der Waals surface area contributed by atoms with Gasteiger partial charge in [0.15, 0.2) is 0 Å². The van der Waals surface area contributed by atoms with Gasteiger partial charge in [-0.05, 0) is 46.9 Å². The van der Waals surface area contributed by atoms with Gasteiger partial charge in [-0.15, -0.1) is 0 Å². The molecule has 1 aromatic heterocycles. The molecule has 0 bridgehead atoms. The van der Waals surface area contributed by atoms with E-state index in [2.05, 4.69) is 37.9 Å². The molecule has 94 valence electrons. The van der Waals surface area contributed by atoms with Crippen molar-refractivity contribution < 1.29 is 0 Å². The molecule has 0 saturated carbocycles. The van der Waals surface area contributed by atoms with Crippen LogP contribution in [0.1, 0.15) is 25.6 Å². The molecule has 18 heavy (non-hydrogen) atoms. The van der Waals surface area contributed by atoms with Crippen molar-refractivity contribution in [2.75, 3.05) is 5.32 Å². The Labute approximate surface area is 125 Å². The smallest absolute Gasteiger partial charge is 0.135 e. The highest BCUT2D eigenvalue weighted by Gasteiger charge is 2.07. The second kappa shape index (κ2) is 5.84. The van der Waals surface area contributed by atoms with Crippen LogP contribution in [0, 0.1) is 3.57 Å². The zero-order valence-electron chi connectivity index (χ0n) is 10.1. The first-order valence-corrected chi connectivity index (χ1v) is 7.07. The summed E-state index contributed by atoms with van der Waals surface area (Å²) < 4.78 is 1.20. The fourth-order valence-electron chi connectivity index (χ4n) is 1.44. The lowest BCUT2D eigenvalue weighted by atomic mass is 10.2. The Balaban J connectivity index is 2.26. The number of halogens is 2. The van der Waals surface area contributed by atoms with E-state index in [1.54, 1.807) is 6.07 Å². The van der Waals surface area contributed by atoms with Gasteiger partial charge in [0.05, 0.1) is 0 Å². The first-order valence-electron chi connectivity index (χ1n) is 5.61. The maximum atomic E-state index is 5.99. The predicted octanol–water partition coefficient (Wildman–Crippen LogP) is 4.60.